The Morgan fingerprint density at radius 1 is 1.00 bits per heavy atom. The number of alkyl halides is 3. The fourth-order valence-corrected chi connectivity index (χ4v) is 4.82. The lowest BCUT2D eigenvalue weighted by molar-refractivity contribution is -0.137. The van der Waals surface area contributed by atoms with Gasteiger partial charge in [0.05, 0.1) is 30.0 Å². The Bertz CT molecular complexity index is 1550. The normalized spacial score (nSPS) is 14.4. The second kappa shape index (κ2) is 10.4. The van der Waals surface area contributed by atoms with E-state index in [2.05, 4.69) is 0 Å². The van der Waals surface area contributed by atoms with Crippen molar-refractivity contribution in [2.24, 2.45) is 0 Å². The van der Waals surface area contributed by atoms with Crippen molar-refractivity contribution in [2.45, 2.75) is 44.9 Å². The lowest BCUT2D eigenvalue weighted by Gasteiger charge is -2.18. The van der Waals surface area contributed by atoms with E-state index < -0.39 is 11.7 Å². The Kier molecular flexibility index (Phi) is 6.97. The van der Waals surface area contributed by atoms with Crippen LogP contribution in [0.4, 0.5) is 13.2 Å². The standard InChI is InChI=1S/C30H27F3N2O3/c1-19-7-6-18-35-28(19)34-24(26(29(35)36)20-12-15-22(16-13-20)30(31,32)33)17-14-21-8-5-11-25(37-2)27(21)38-23-9-3-4-10-23/h5-8,11-18,23H,3-4,9-10H2,1-2H3/b17-14+. The highest BCUT2D eigenvalue weighted by molar-refractivity contribution is 5.81. The smallest absolute Gasteiger partial charge is 0.416 e. The first-order valence-electron chi connectivity index (χ1n) is 12.5. The zero-order valence-corrected chi connectivity index (χ0v) is 21.1. The zero-order chi connectivity index (χ0) is 26.9. The molecule has 5 nitrogen and oxygen atoms in total. The summed E-state index contributed by atoms with van der Waals surface area (Å²) < 4.78 is 52.8. The van der Waals surface area contributed by atoms with Gasteiger partial charge in [-0.05, 0) is 80.2 Å². The molecule has 2 aromatic carbocycles. The summed E-state index contributed by atoms with van der Waals surface area (Å²) in [7, 11) is 1.58. The van der Waals surface area contributed by atoms with Crippen LogP contribution in [0.15, 0.2) is 65.6 Å². The minimum Gasteiger partial charge on any atom is -0.493 e. The maximum absolute atomic E-state index is 13.6. The molecule has 0 N–H and O–H groups in total. The lowest BCUT2D eigenvalue weighted by atomic mass is 10.0. The van der Waals surface area contributed by atoms with Crippen molar-refractivity contribution in [3.63, 3.8) is 0 Å². The van der Waals surface area contributed by atoms with E-state index in [1.807, 2.05) is 31.2 Å². The molecule has 4 aromatic rings. The van der Waals surface area contributed by atoms with Gasteiger partial charge in [0, 0.05) is 11.8 Å². The van der Waals surface area contributed by atoms with E-state index in [1.54, 1.807) is 31.5 Å². The molecule has 0 bridgehead atoms. The maximum Gasteiger partial charge on any atom is 0.416 e. The summed E-state index contributed by atoms with van der Waals surface area (Å²) in [6.45, 7) is 1.85. The largest absolute Gasteiger partial charge is 0.493 e. The Hall–Kier alpha value is -4.07. The molecule has 0 spiro atoms. The van der Waals surface area contributed by atoms with E-state index in [9.17, 15) is 18.0 Å². The van der Waals surface area contributed by atoms with Gasteiger partial charge in [-0.1, -0.05) is 30.3 Å². The predicted molar refractivity (Wildman–Crippen MR) is 141 cm³/mol. The average Bonchev–Trinajstić information content (AvgIpc) is 3.41. The summed E-state index contributed by atoms with van der Waals surface area (Å²) in [4.78, 5) is 18.4. The predicted octanol–water partition coefficient (Wildman–Crippen LogP) is 7.19. The first kappa shape index (κ1) is 25.6. The van der Waals surface area contributed by atoms with Crippen molar-refractivity contribution in [3.8, 4) is 22.6 Å². The van der Waals surface area contributed by atoms with Gasteiger partial charge >= 0.3 is 6.18 Å². The molecule has 1 saturated carbocycles. The molecule has 0 aliphatic heterocycles. The number of methoxy groups -OCH3 is 1. The second-order valence-electron chi connectivity index (χ2n) is 9.37. The highest BCUT2D eigenvalue weighted by atomic mass is 19.4. The minimum absolute atomic E-state index is 0.104. The van der Waals surface area contributed by atoms with Crippen LogP contribution in [0.1, 0.15) is 48.1 Å². The molecule has 1 aliphatic carbocycles. The van der Waals surface area contributed by atoms with Crippen LogP contribution in [-0.4, -0.2) is 22.6 Å². The molecule has 5 rings (SSSR count). The Balaban J connectivity index is 1.65. The first-order chi connectivity index (χ1) is 18.3. The lowest BCUT2D eigenvalue weighted by Crippen LogP contribution is -2.19. The van der Waals surface area contributed by atoms with Crippen molar-refractivity contribution in [2.75, 3.05) is 7.11 Å². The minimum atomic E-state index is -4.48. The van der Waals surface area contributed by atoms with Crippen LogP contribution >= 0.6 is 0 Å². The number of nitrogens with zero attached hydrogens (tertiary/aromatic N) is 2. The second-order valence-corrected chi connectivity index (χ2v) is 9.37. The number of aryl methyl sites for hydroxylation is 1. The Labute approximate surface area is 218 Å². The summed E-state index contributed by atoms with van der Waals surface area (Å²) in [6, 6.07) is 13.7. The zero-order valence-electron chi connectivity index (χ0n) is 21.1. The van der Waals surface area contributed by atoms with E-state index in [1.165, 1.54) is 16.5 Å². The van der Waals surface area contributed by atoms with Crippen molar-refractivity contribution in [1.82, 2.24) is 9.38 Å². The van der Waals surface area contributed by atoms with Gasteiger partial charge in [-0.25, -0.2) is 4.98 Å². The molecule has 2 aromatic heterocycles. The number of halogens is 3. The fraction of sp³-hybridized carbons (Fsp3) is 0.267. The number of fused-ring (bicyclic) bond motifs is 1. The van der Waals surface area contributed by atoms with Crippen LogP contribution in [0.5, 0.6) is 11.5 Å². The number of hydrogen-bond donors (Lipinski definition) is 0. The van der Waals surface area contributed by atoms with Gasteiger partial charge in [0.15, 0.2) is 11.5 Å². The van der Waals surface area contributed by atoms with Gasteiger partial charge in [-0.15, -0.1) is 0 Å². The number of benzene rings is 2. The number of aromatic nitrogens is 2. The van der Waals surface area contributed by atoms with Gasteiger partial charge in [0.25, 0.3) is 5.56 Å². The van der Waals surface area contributed by atoms with E-state index in [4.69, 9.17) is 14.5 Å². The number of pyridine rings is 1. The molecule has 1 fully saturated rings. The molecule has 0 radical (unpaired) electrons. The maximum atomic E-state index is 13.6. The summed E-state index contributed by atoms with van der Waals surface area (Å²) in [5.41, 5.74) is 1.77. The molecule has 38 heavy (non-hydrogen) atoms. The summed E-state index contributed by atoms with van der Waals surface area (Å²) in [5, 5.41) is 0. The highest BCUT2D eigenvalue weighted by Gasteiger charge is 2.30. The van der Waals surface area contributed by atoms with Gasteiger partial charge in [-0.2, -0.15) is 13.2 Å². The van der Waals surface area contributed by atoms with Gasteiger partial charge in [0.2, 0.25) is 0 Å². The molecule has 0 atom stereocenters. The molecular weight excluding hydrogens is 493 g/mol. The van der Waals surface area contributed by atoms with Crippen molar-refractivity contribution in [3.05, 3.63) is 93.5 Å². The monoisotopic (exact) mass is 520 g/mol. The number of hydrogen-bond acceptors (Lipinski definition) is 4. The van der Waals surface area contributed by atoms with E-state index in [0.717, 1.165) is 48.9 Å². The fourth-order valence-electron chi connectivity index (χ4n) is 4.82. The average molecular weight is 521 g/mol. The highest BCUT2D eigenvalue weighted by Crippen LogP contribution is 2.36. The molecule has 8 heteroatoms. The van der Waals surface area contributed by atoms with Crippen molar-refractivity contribution in [1.29, 1.82) is 0 Å². The van der Waals surface area contributed by atoms with Crippen LogP contribution in [0.2, 0.25) is 0 Å². The van der Waals surface area contributed by atoms with Crippen molar-refractivity contribution < 1.29 is 22.6 Å². The van der Waals surface area contributed by atoms with Crippen LogP contribution in [0, 0.1) is 6.92 Å². The van der Waals surface area contributed by atoms with Crippen LogP contribution in [-0.2, 0) is 6.18 Å². The third-order valence-corrected chi connectivity index (χ3v) is 6.82. The third kappa shape index (κ3) is 5.03. The van der Waals surface area contributed by atoms with E-state index in [0.29, 0.717) is 28.4 Å². The van der Waals surface area contributed by atoms with Crippen LogP contribution in [0.3, 0.4) is 0 Å². The molecule has 0 unspecified atom stereocenters. The Morgan fingerprint density at radius 2 is 1.74 bits per heavy atom. The number of ether oxygens (including phenoxy) is 2. The molecule has 196 valence electrons. The SMILES string of the molecule is COc1cccc(/C=C/c2nc3c(C)cccn3c(=O)c2-c2ccc(C(F)(F)F)cc2)c1OC1CCCC1. The number of para-hydroxylation sites is 1. The molecule has 0 saturated heterocycles. The van der Waals surface area contributed by atoms with Crippen molar-refractivity contribution >= 4 is 17.8 Å². The molecule has 1 aliphatic rings. The summed E-state index contributed by atoms with van der Waals surface area (Å²) >= 11 is 0. The topological polar surface area (TPSA) is 52.8 Å². The third-order valence-electron chi connectivity index (χ3n) is 6.82. The van der Waals surface area contributed by atoms with Crippen LogP contribution in [0.25, 0.3) is 28.9 Å². The molecular formula is C30H27F3N2O3. The quantitative estimate of drug-likeness (QED) is 0.270. The van der Waals surface area contributed by atoms with Gasteiger partial charge in [0.1, 0.15) is 5.65 Å². The molecule has 2 heterocycles. The van der Waals surface area contributed by atoms with Crippen LogP contribution < -0.4 is 15.0 Å². The number of rotatable bonds is 6. The first-order valence-corrected chi connectivity index (χ1v) is 12.5. The Morgan fingerprint density at radius 3 is 2.42 bits per heavy atom. The van der Waals surface area contributed by atoms with E-state index >= 15 is 0 Å². The van der Waals surface area contributed by atoms with Gasteiger partial charge in [-0.3, -0.25) is 9.20 Å². The summed E-state index contributed by atoms with van der Waals surface area (Å²) in [5.74, 6) is 1.22. The molecule has 0 amide bonds. The summed E-state index contributed by atoms with van der Waals surface area (Å²) in [6.07, 6.45) is 4.92. The van der Waals surface area contributed by atoms with Gasteiger partial charge < -0.3 is 9.47 Å². The van der Waals surface area contributed by atoms with E-state index in [-0.39, 0.29) is 17.2 Å².